The van der Waals surface area contributed by atoms with Crippen molar-refractivity contribution >= 4 is 0 Å². The lowest BCUT2D eigenvalue weighted by molar-refractivity contribution is -0.0318. The standard InChI is InChI=1S/C11H25N3O4/c1-5-15-9-10-16-6-2-13-4-8-18-14-11-17-7-3-12-1/h12-14H,1-11H2. The zero-order valence-electron chi connectivity index (χ0n) is 10.9. The molecule has 0 aromatic carbocycles. The summed E-state index contributed by atoms with van der Waals surface area (Å²) in [4.78, 5) is 5.16. The topological polar surface area (TPSA) is 73.0 Å². The minimum absolute atomic E-state index is 0.404. The minimum atomic E-state index is 0.404. The predicted molar refractivity (Wildman–Crippen MR) is 67.3 cm³/mol. The maximum absolute atomic E-state index is 5.40. The summed E-state index contributed by atoms with van der Waals surface area (Å²) in [5.41, 5.74) is 2.74. The van der Waals surface area contributed by atoms with Crippen LogP contribution in [0.2, 0.25) is 0 Å². The number of hydroxylamine groups is 1. The lowest BCUT2D eigenvalue weighted by atomic mass is 10.6. The van der Waals surface area contributed by atoms with E-state index in [0.717, 1.165) is 26.2 Å². The highest BCUT2D eigenvalue weighted by Gasteiger charge is 1.94. The molecule has 0 amide bonds. The van der Waals surface area contributed by atoms with E-state index in [4.69, 9.17) is 19.0 Å². The highest BCUT2D eigenvalue weighted by molar-refractivity contribution is 4.46. The highest BCUT2D eigenvalue weighted by atomic mass is 16.7. The van der Waals surface area contributed by atoms with Gasteiger partial charge in [0.2, 0.25) is 0 Å². The molecule has 18 heavy (non-hydrogen) atoms. The zero-order valence-corrected chi connectivity index (χ0v) is 10.9. The van der Waals surface area contributed by atoms with Gasteiger partial charge in [-0.05, 0) is 0 Å². The fourth-order valence-electron chi connectivity index (χ4n) is 1.36. The molecule has 0 saturated carbocycles. The van der Waals surface area contributed by atoms with Crippen molar-refractivity contribution in [2.24, 2.45) is 0 Å². The van der Waals surface area contributed by atoms with E-state index in [1.807, 2.05) is 0 Å². The van der Waals surface area contributed by atoms with E-state index in [1.54, 1.807) is 0 Å². The third kappa shape index (κ3) is 10.8. The Labute approximate surface area is 108 Å². The van der Waals surface area contributed by atoms with E-state index < -0.39 is 0 Å². The first-order valence-corrected chi connectivity index (χ1v) is 6.49. The van der Waals surface area contributed by atoms with Gasteiger partial charge in [0.25, 0.3) is 0 Å². The Morgan fingerprint density at radius 2 is 1.11 bits per heavy atom. The molecule has 0 spiro atoms. The normalized spacial score (nSPS) is 24.0. The van der Waals surface area contributed by atoms with E-state index in [9.17, 15) is 0 Å². The Kier molecular flexibility index (Phi) is 11.5. The summed E-state index contributed by atoms with van der Waals surface area (Å²) in [6.45, 7) is 7.58. The van der Waals surface area contributed by atoms with Gasteiger partial charge in [-0.3, -0.25) is 4.84 Å². The maximum Gasteiger partial charge on any atom is 0.119 e. The number of hydrogen-bond acceptors (Lipinski definition) is 7. The minimum Gasteiger partial charge on any atom is -0.378 e. The lowest BCUT2D eigenvalue weighted by Gasteiger charge is -2.10. The van der Waals surface area contributed by atoms with Crippen molar-refractivity contribution in [1.82, 2.24) is 16.1 Å². The molecule has 1 heterocycles. The van der Waals surface area contributed by atoms with Crippen LogP contribution in [0.1, 0.15) is 0 Å². The van der Waals surface area contributed by atoms with Crippen molar-refractivity contribution in [1.29, 1.82) is 0 Å². The van der Waals surface area contributed by atoms with Crippen molar-refractivity contribution in [2.75, 3.05) is 72.6 Å². The number of ether oxygens (including phenoxy) is 3. The Morgan fingerprint density at radius 3 is 1.78 bits per heavy atom. The van der Waals surface area contributed by atoms with Crippen LogP contribution < -0.4 is 16.1 Å². The van der Waals surface area contributed by atoms with E-state index in [0.29, 0.717) is 46.4 Å². The molecule has 0 bridgehead atoms. The Morgan fingerprint density at radius 1 is 0.556 bits per heavy atom. The van der Waals surface area contributed by atoms with Gasteiger partial charge in [-0.1, -0.05) is 0 Å². The fourth-order valence-corrected chi connectivity index (χ4v) is 1.36. The van der Waals surface area contributed by atoms with E-state index in [1.165, 1.54) is 0 Å². The van der Waals surface area contributed by atoms with Gasteiger partial charge < -0.3 is 24.8 Å². The molecule has 0 aromatic heterocycles. The number of rotatable bonds is 0. The van der Waals surface area contributed by atoms with Crippen molar-refractivity contribution in [3.63, 3.8) is 0 Å². The quantitative estimate of drug-likeness (QED) is 0.502. The summed E-state index contributed by atoms with van der Waals surface area (Å²) in [5.74, 6) is 0. The van der Waals surface area contributed by atoms with Crippen molar-refractivity contribution in [2.45, 2.75) is 0 Å². The van der Waals surface area contributed by atoms with Crippen LogP contribution in [0.5, 0.6) is 0 Å². The summed E-state index contributed by atoms with van der Waals surface area (Å²) >= 11 is 0. The van der Waals surface area contributed by atoms with E-state index in [-0.39, 0.29) is 0 Å². The Hall–Kier alpha value is -0.280. The van der Waals surface area contributed by atoms with Crippen LogP contribution >= 0.6 is 0 Å². The molecule has 0 unspecified atom stereocenters. The third-order valence-corrected chi connectivity index (χ3v) is 2.29. The van der Waals surface area contributed by atoms with Crippen molar-refractivity contribution in [3.05, 3.63) is 0 Å². The zero-order chi connectivity index (χ0) is 12.7. The number of hydrogen-bond donors (Lipinski definition) is 3. The average molecular weight is 263 g/mol. The van der Waals surface area contributed by atoms with Gasteiger partial charge in [0.1, 0.15) is 6.73 Å². The summed E-state index contributed by atoms with van der Waals surface area (Å²) in [7, 11) is 0. The molecule has 1 fully saturated rings. The summed E-state index contributed by atoms with van der Waals surface area (Å²) < 4.78 is 16.1. The predicted octanol–water partition coefficient (Wildman–Crippen LogP) is -1.29. The van der Waals surface area contributed by atoms with Gasteiger partial charge in [-0.25, -0.2) is 0 Å². The number of nitrogens with one attached hydrogen (secondary N) is 3. The lowest BCUT2D eigenvalue weighted by Crippen LogP contribution is -2.30. The van der Waals surface area contributed by atoms with Crippen LogP contribution in [-0.2, 0) is 19.0 Å². The second-order valence-corrected chi connectivity index (χ2v) is 3.77. The SMILES string of the molecule is C1COCCOCCNCCONCOCCN1. The van der Waals surface area contributed by atoms with E-state index >= 15 is 0 Å². The molecule has 1 aliphatic heterocycles. The molecule has 1 rings (SSSR count). The van der Waals surface area contributed by atoms with Crippen LogP contribution in [0.3, 0.4) is 0 Å². The highest BCUT2D eigenvalue weighted by Crippen LogP contribution is 1.79. The molecule has 7 nitrogen and oxygen atoms in total. The first-order chi connectivity index (χ1) is 9.00. The molecule has 1 saturated heterocycles. The summed E-state index contributed by atoms with van der Waals surface area (Å²) in [5, 5.41) is 6.43. The second kappa shape index (κ2) is 13.2. The third-order valence-electron chi connectivity index (χ3n) is 2.29. The second-order valence-electron chi connectivity index (χ2n) is 3.77. The monoisotopic (exact) mass is 263 g/mol. The van der Waals surface area contributed by atoms with Crippen molar-refractivity contribution < 1.29 is 19.0 Å². The molecule has 7 heteroatoms. The molecule has 0 aliphatic carbocycles. The molecule has 0 aromatic rings. The summed E-state index contributed by atoms with van der Waals surface area (Å²) in [6.07, 6.45) is 0. The van der Waals surface area contributed by atoms with Gasteiger partial charge in [0, 0.05) is 26.2 Å². The molecule has 108 valence electrons. The van der Waals surface area contributed by atoms with Crippen molar-refractivity contribution in [3.8, 4) is 0 Å². The van der Waals surface area contributed by atoms with Gasteiger partial charge in [0.15, 0.2) is 0 Å². The Bertz CT molecular complexity index is 99.3. The molecular weight excluding hydrogens is 238 g/mol. The average Bonchev–Trinajstić information content (AvgIpc) is 2.39. The van der Waals surface area contributed by atoms with Crippen LogP contribution in [0.25, 0.3) is 0 Å². The van der Waals surface area contributed by atoms with Gasteiger partial charge in [-0.15, -0.1) is 0 Å². The van der Waals surface area contributed by atoms with Crippen LogP contribution in [0.15, 0.2) is 0 Å². The fraction of sp³-hybridized carbons (Fsp3) is 1.00. The molecule has 3 N–H and O–H groups in total. The van der Waals surface area contributed by atoms with Gasteiger partial charge >= 0.3 is 0 Å². The molecule has 1 aliphatic rings. The largest absolute Gasteiger partial charge is 0.378 e. The van der Waals surface area contributed by atoms with Gasteiger partial charge in [-0.2, -0.15) is 5.48 Å². The van der Waals surface area contributed by atoms with Gasteiger partial charge in [0.05, 0.1) is 39.6 Å². The molecular formula is C11H25N3O4. The summed E-state index contributed by atoms with van der Waals surface area (Å²) in [6, 6.07) is 0. The maximum atomic E-state index is 5.40. The van der Waals surface area contributed by atoms with E-state index in [2.05, 4.69) is 16.1 Å². The first kappa shape index (κ1) is 15.8. The molecule has 0 radical (unpaired) electrons. The molecule has 0 atom stereocenters. The van der Waals surface area contributed by atoms with Crippen LogP contribution in [-0.4, -0.2) is 72.6 Å². The van der Waals surface area contributed by atoms with Crippen LogP contribution in [0.4, 0.5) is 0 Å². The Balaban J connectivity index is 2.00. The van der Waals surface area contributed by atoms with Crippen LogP contribution in [0, 0.1) is 0 Å². The first-order valence-electron chi connectivity index (χ1n) is 6.49. The smallest absolute Gasteiger partial charge is 0.119 e.